The summed E-state index contributed by atoms with van der Waals surface area (Å²) in [7, 11) is 3.28. The van der Waals surface area contributed by atoms with Gasteiger partial charge in [-0.1, -0.05) is 24.6 Å². The van der Waals surface area contributed by atoms with Crippen molar-refractivity contribution in [3.63, 3.8) is 0 Å². The summed E-state index contributed by atoms with van der Waals surface area (Å²) in [5.41, 5.74) is 4.40. The second-order valence-corrected chi connectivity index (χ2v) is 10.8. The van der Waals surface area contributed by atoms with Crippen LogP contribution in [0.5, 0.6) is 0 Å². The summed E-state index contributed by atoms with van der Waals surface area (Å²) in [4.78, 5) is 37.8. The first-order valence-corrected chi connectivity index (χ1v) is 12.8. The number of carbonyl (C=O) groups is 3. The lowest BCUT2D eigenvalue weighted by atomic mass is 9.51. The quantitative estimate of drug-likeness (QED) is 0.608. The molecule has 0 aliphatic heterocycles. The minimum Gasteiger partial charge on any atom is -0.466 e. The molecule has 3 unspecified atom stereocenters. The van der Waals surface area contributed by atoms with E-state index in [1.165, 1.54) is 36.3 Å². The lowest BCUT2D eigenvalue weighted by Gasteiger charge is -2.54. The van der Waals surface area contributed by atoms with Gasteiger partial charge in [-0.15, -0.1) is 0 Å². The minimum atomic E-state index is -1.28. The van der Waals surface area contributed by atoms with E-state index in [4.69, 9.17) is 9.47 Å². The zero-order valence-electron chi connectivity index (χ0n) is 21.1. The second kappa shape index (κ2) is 8.65. The molecular formula is C29H35NO5. The predicted octanol–water partition coefficient (Wildman–Crippen LogP) is 5.10. The SMILES string of the molecule is CNc1ccc(C2C[C@@]3(C)C(CC[C@]3(OC(C)=O)C(=O)OC)C3CCC4=CC(=O)CCC4=C23)cc1. The van der Waals surface area contributed by atoms with E-state index in [0.717, 1.165) is 31.4 Å². The predicted molar refractivity (Wildman–Crippen MR) is 133 cm³/mol. The maximum absolute atomic E-state index is 13.3. The highest BCUT2D eigenvalue weighted by Gasteiger charge is 2.69. The van der Waals surface area contributed by atoms with E-state index < -0.39 is 23.0 Å². The molecule has 6 heteroatoms. The Morgan fingerprint density at radius 1 is 1.09 bits per heavy atom. The average Bonchev–Trinajstić information content (AvgIpc) is 3.14. The maximum Gasteiger partial charge on any atom is 0.350 e. The van der Waals surface area contributed by atoms with Gasteiger partial charge in [0, 0.05) is 37.4 Å². The third-order valence-corrected chi connectivity index (χ3v) is 9.29. The fourth-order valence-electron chi connectivity index (χ4n) is 7.78. The zero-order chi connectivity index (χ0) is 25.0. The highest BCUT2D eigenvalue weighted by atomic mass is 16.6. The molecule has 4 aliphatic rings. The number of carbonyl (C=O) groups excluding carboxylic acids is 3. The highest BCUT2D eigenvalue weighted by Crippen LogP contribution is 2.67. The smallest absolute Gasteiger partial charge is 0.350 e. The molecule has 4 aliphatic carbocycles. The molecule has 5 atom stereocenters. The molecule has 0 bridgehead atoms. The molecule has 1 N–H and O–H groups in total. The minimum absolute atomic E-state index is 0.0803. The van der Waals surface area contributed by atoms with E-state index in [-0.39, 0.29) is 23.5 Å². The fraction of sp³-hybridized carbons (Fsp3) is 0.552. The number of ether oxygens (including phenoxy) is 2. The van der Waals surface area contributed by atoms with Crippen LogP contribution in [0.4, 0.5) is 5.69 Å². The topological polar surface area (TPSA) is 81.7 Å². The third kappa shape index (κ3) is 3.56. The molecule has 0 radical (unpaired) electrons. The first kappa shape index (κ1) is 23.8. The largest absolute Gasteiger partial charge is 0.466 e. The number of methoxy groups -OCH3 is 1. The Bertz CT molecular complexity index is 1130. The van der Waals surface area contributed by atoms with Crippen molar-refractivity contribution in [1.29, 1.82) is 0 Å². The first-order chi connectivity index (χ1) is 16.7. The van der Waals surface area contributed by atoms with Gasteiger partial charge in [0.05, 0.1) is 7.11 Å². The van der Waals surface area contributed by atoms with Gasteiger partial charge >= 0.3 is 11.9 Å². The molecule has 0 saturated heterocycles. The number of allylic oxidation sites excluding steroid dienone is 4. The molecule has 0 spiro atoms. The van der Waals surface area contributed by atoms with Crippen LogP contribution in [0.25, 0.3) is 0 Å². The Hall–Kier alpha value is -2.89. The molecule has 1 aromatic carbocycles. The van der Waals surface area contributed by atoms with E-state index in [1.807, 2.05) is 13.1 Å². The van der Waals surface area contributed by atoms with Crippen molar-refractivity contribution in [1.82, 2.24) is 0 Å². The average molecular weight is 478 g/mol. The van der Waals surface area contributed by atoms with E-state index in [9.17, 15) is 14.4 Å². The van der Waals surface area contributed by atoms with Crippen molar-refractivity contribution < 1.29 is 23.9 Å². The summed E-state index contributed by atoms with van der Waals surface area (Å²) in [6.07, 6.45) is 7.01. The van der Waals surface area contributed by atoms with Gasteiger partial charge < -0.3 is 14.8 Å². The summed E-state index contributed by atoms with van der Waals surface area (Å²) in [6.45, 7) is 3.51. The van der Waals surface area contributed by atoms with Crippen LogP contribution in [0.3, 0.4) is 0 Å². The number of hydrogen-bond donors (Lipinski definition) is 1. The Labute approximate surface area is 207 Å². The molecule has 5 rings (SSSR count). The number of anilines is 1. The van der Waals surface area contributed by atoms with Gasteiger partial charge in [-0.05, 0) is 85.3 Å². The lowest BCUT2D eigenvalue weighted by Crippen LogP contribution is -2.58. The molecule has 1 aromatic rings. The van der Waals surface area contributed by atoms with Crippen molar-refractivity contribution in [3.8, 4) is 0 Å². The van der Waals surface area contributed by atoms with Crippen LogP contribution in [-0.2, 0) is 23.9 Å². The Balaban J connectivity index is 1.69. The summed E-state index contributed by atoms with van der Waals surface area (Å²) in [5, 5.41) is 3.19. The normalized spacial score (nSPS) is 33.8. The molecule has 2 saturated carbocycles. The molecule has 6 nitrogen and oxygen atoms in total. The van der Waals surface area contributed by atoms with E-state index in [0.29, 0.717) is 19.3 Å². The lowest BCUT2D eigenvalue weighted by molar-refractivity contribution is -0.198. The Morgan fingerprint density at radius 3 is 2.49 bits per heavy atom. The number of ketones is 1. The van der Waals surface area contributed by atoms with Crippen molar-refractivity contribution in [2.24, 2.45) is 17.3 Å². The number of rotatable bonds is 4. The molecular weight excluding hydrogens is 442 g/mol. The van der Waals surface area contributed by atoms with Crippen LogP contribution in [0.15, 0.2) is 47.1 Å². The van der Waals surface area contributed by atoms with Crippen molar-refractivity contribution in [2.45, 2.75) is 70.3 Å². The van der Waals surface area contributed by atoms with Crippen LogP contribution in [0.1, 0.15) is 70.3 Å². The van der Waals surface area contributed by atoms with Crippen LogP contribution in [-0.4, -0.2) is 37.5 Å². The second-order valence-electron chi connectivity index (χ2n) is 10.8. The van der Waals surface area contributed by atoms with Crippen molar-refractivity contribution >= 4 is 23.4 Å². The molecule has 186 valence electrons. The summed E-state index contributed by atoms with van der Waals surface area (Å²) < 4.78 is 11.2. The van der Waals surface area contributed by atoms with E-state index in [1.54, 1.807) is 0 Å². The third-order valence-electron chi connectivity index (χ3n) is 9.29. The number of fused-ring (bicyclic) bond motifs is 4. The number of benzene rings is 1. The molecule has 2 fully saturated rings. The van der Waals surface area contributed by atoms with Gasteiger partial charge in [0.15, 0.2) is 5.78 Å². The summed E-state index contributed by atoms with van der Waals surface area (Å²) in [6, 6.07) is 8.50. The molecule has 35 heavy (non-hydrogen) atoms. The Kier molecular flexibility index (Phi) is 5.89. The van der Waals surface area contributed by atoms with Gasteiger partial charge in [0.1, 0.15) is 0 Å². The maximum atomic E-state index is 13.3. The summed E-state index contributed by atoms with van der Waals surface area (Å²) >= 11 is 0. The Morgan fingerprint density at radius 2 is 1.83 bits per heavy atom. The first-order valence-electron chi connectivity index (χ1n) is 12.8. The number of esters is 2. The van der Waals surface area contributed by atoms with Gasteiger partial charge in [-0.2, -0.15) is 0 Å². The van der Waals surface area contributed by atoms with Gasteiger partial charge in [0.2, 0.25) is 5.60 Å². The van der Waals surface area contributed by atoms with Crippen LogP contribution >= 0.6 is 0 Å². The van der Waals surface area contributed by atoms with Crippen LogP contribution in [0, 0.1) is 17.3 Å². The molecule has 0 heterocycles. The van der Waals surface area contributed by atoms with Crippen LogP contribution in [0.2, 0.25) is 0 Å². The fourth-order valence-corrected chi connectivity index (χ4v) is 7.78. The molecule has 0 amide bonds. The van der Waals surface area contributed by atoms with Gasteiger partial charge in [-0.25, -0.2) is 4.79 Å². The van der Waals surface area contributed by atoms with E-state index in [2.05, 4.69) is 36.5 Å². The van der Waals surface area contributed by atoms with E-state index >= 15 is 0 Å². The number of nitrogens with one attached hydrogen (secondary N) is 1. The standard InChI is InChI=1S/C29H35NO5/c1-17(31)35-29(27(33)34-4)14-13-25-23-11-7-19-15-21(32)10-12-22(19)26(23)24(16-28(25,29)2)18-5-8-20(30-3)9-6-18/h5-6,8-9,15,23-25,30H,7,10-14,16H2,1-4H3/t23?,24?,25?,28-,29-/m0/s1. The highest BCUT2D eigenvalue weighted by molar-refractivity contribution is 5.93. The van der Waals surface area contributed by atoms with Gasteiger partial charge in [0.25, 0.3) is 0 Å². The van der Waals surface area contributed by atoms with Crippen molar-refractivity contribution in [3.05, 3.63) is 52.6 Å². The monoisotopic (exact) mass is 477 g/mol. The number of hydrogen-bond acceptors (Lipinski definition) is 6. The van der Waals surface area contributed by atoms with Crippen molar-refractivity contribution in [2.75, 3.05) is 19.5 Å². The van der Waals surface area contributed by atoms with Crippen LogP contribution < -0.4 is 5.32 Å². The zero-order valence-corrected chi connectivity index (χ0v) is 21.1. The summed E-state index contributed by atoms with van der Waals surface area (Å²) in [5.74, 6) is -0.107. The van der Waals surface area contributed by atoms with Gasteiger partial charge in [-0.3, -0.25) is 9.59 Å². The molecule has 0 aromatic heterocycles.